The summed E-state index contributed by atoms with van der Waals surface area (Å²) in [7, 11) is 0. The van der Waals surface area contributed by atoms with E-state index < -0.39 is 0 Å². The molecule has 0 bridgehead atoms. The maximum atomic E-state index is 4.58. The van der Waals surface area contributed by atoms with Crippen molar-refractivity contribution in [1.29, 1.82) is 0 Å². The summed E-state index contributed by atoms with van der Waals surface area (Å²) in [5.41, 5.74) is 4.58. The topological polar surface area (TPSA) is 57.7 Å². The standard InChI is InChI=1S/C15H21N5/c1-10-8-16-19-14(10)13-5-4-6-20(9-13)15-17-11(2)7-12(3)18-15/h7-8,13H,4-6,9H2,1-3H3,(H,16,19)/t13-/m0/s1. The monoisotopic (exact) mass is 271 g/mol. The molecule has 3 heterocycles. The van der Waals surface area contributed by atoms with Crippen LogP contribution in [0.25, 0.3) is 0 Å². The second-order valence-electron chi connectivity index (χ2n) is 5.70. The van der Waals surface area contributed by atoms with Gasteiger partial charge in [0.25, 0.3) is 0 Å². The second kappa shape index (κ2) is 5.23. The maximum Gasteiger partial charge on any atom is 0.225 e. The van der Waals surface area contributed by atoms with Crippen molar-refractivity contribution in [2.45, 2.75) is 39.5 Å². The van der Waals surface area contributed by atoms with Gasteiger partial charge in [-0.2, -0.15) is 5.10 Å². The van der Waals surface area contributed by atoms with Crippen molar-refractivity contribution >= 4 is 5.95 Å². The van der Waals surface area contributed by atoms with Crippen molar-refractivity contribution in [2.24, 2.45) is 0 Å². The Morgan fingerprint density at radius 3 is 2.60 bits per heavy atom. The number of rotatable bonds is 2. The third-order valence-electron chi connectivity index (χ3n) is 3.95. The lowest BCUT2D eigenvalue weighted by Gasteiger charge is -2.32. The molecular weight excluding hydrogens is 250 g/mol. The van der Waals surface area contributed by atoms with Gasteiger partial charge in [0, 0.05) is 36.1 Å². The summed E-state index contributed by atoms with van der Waals surface area (Å²) in [5, 5.41) is 7.30. The molecule has 2 aromatic heterocycles. The predicted octanol–water partition coefficient (Wildman–Crippen LogP) is 2.51. The van der Waals surface area contributed by atoms with Crippen LogP contribution in [-0.2, 0) is 0 Å². The molecule has 106 valence electrons. The molecule has 2 aromatic rings. The largest absolute Gasteiger partial charge is 0.340 e. The number of H-pyrrole nitrogens is 1. The van der Waals surface area contributed by atoms with E-state index in [0.717, 1.165) is 30.4 Å². The van der Waals surface area contributed by atoms with E-state index in [1.165, 1.54) is 24.1 Å². The van der Waals surface area contributed by atoms with E-state index in [0.29, 0.717) is 5.92 Å². The van der Waals surface area contributed by atoms with Crippen LogP contribution in [0.4, 0.5) is 5.95 Å². The first kappa shape index (κ1) is 13.1. The van der Waals surface area contributed by atoms with Crippen LogP contribution in [0.5, 0.6) is 0 Å². The number of anilines is 1. The van der Waals surface area contributed by atoms with E-state index in [-0.39, 0.29) is 0 Å². The van der Waals surface area contributed by atoms with E-state index in [9.17, 15) is 0 Å². The highest BCUT2D eigenvalue weighted by molar-refractivity contribution is 5.35. The van der Waals surface area contributed by atoms with Crippen LogP contribution in [-0.4, -0.2) is 33.3 Å². The van der Waals surface area contributed by atoms with Gasteiger partial charge in [0.2, 0.25) is 5.95 Å². The SMILES string of the molecule is Cc1cc(C)nc(N2CCC[C@H](c3[nH]ncc3C)C2)n1. The van der Waals surface area contributed by atoms with Gasteiger partial charge in [-0.15, -0.1) is 0 Å². The minimum Gasteiger partial charge on any atom is -0.340 e. The number of aryl methyl sites for hydroxylation is 3. The Labute approximate surface area is 119 Å². The van der Waals surface area contributed by atoms with Crippen molar-refractivity contribution in [3.05, 3.63) is 34.9 Å². The van der Waals surface area contributed by atoms with Crippen molar-refractivity contribution < 1.29 is 0 Å². The number of nitrogens with zero attached hydrogens (tertiary/aromatic N) is 4. The first-order valence-electron chi connectivity index (χ1n) is 7.20. The molecule has 0 spiro atoms. The Balaban J connectivity index is 1.83. The van der Waals surface area contributed by atoms with Crippen LogP contribution in [0.1, 0.15) is 41.4 Å². The van der Waals surface area contributed by atoms with E-state index >= 15 is 0 Å². The predicted molar refractivity (Wildman–Crippen MR) is 79.0 cm³/mol. The van der Waals surface area contributed by atoms with Gasteiger partial charge in [0.15, 0.2) is 0 Å². The first-order chi connectivity index (χ1) is 9.63. The van der Waals surface area contributed by atoms with Gasteiger partial charge >= 0.3 is 0 Å². The molecular formula is C15H21N5. The number of hydrogen-bond acceptors (Lipinski definition) is 4. The summed E-state index contributed by atoms with van der Waals surface area (Å²) in [4.78, 5) is 11.5. The lowest BCUT2D eigenvalue weighted by atomic mass is 9.93. The molecule has 0 radical (unpaired) electrons. The van der Waals surface area contributed by atoms with Crippen molar-refractivity contribution in [2.75, 3.05) is 18.0 Å². The lowest BCUT2D eigenvalue weighted by Crippen LogP contribution is -2.36. The van der Waals surface area contributed by atoms with Gasteiger partial charge < -0.3 is 4.90 Å². The molecule has 1 aliphatic rings. The summed E-state index contributed by atoms with van der Waals surface area (Å²) in [6.45, 7) is 8.17. The Bertz CT molecular complexity index is 584. The summed E-state index contributed by atoms with van der Waals surface area (Å²) in [6, 6.07) is 2.02. The van der Waals surface area contributed by atoms with Gasteiger partial charge in [-0.25, -0.2) is 9.97 Å². The molecule has 0 unspecified atom stereocenters. The Kier molecular flexibility index (Phi) is 3.42. The summed E-state index contributed by atoms with van der Waals surface area (Å²) in [6.07, 6.45) is 4.27. The summed E-state index contributed by atoms with van der Waals surface area (Å²) >= 11 is 0. The molecule has 0 aliphatic carbocycles. The van der Waals surface area contributed by atoms with Crippen LogP contribution >= 0.6 is 0 Å². The molecule has 5 nitrogen and oxygen atoms in total. The molecule has 3 rings (SSSR count). The highest BCUT2D eigenvalue weighted by atomic mass is 15.3. The van der Waals surface area contributed by atoms with E-state index in [1.807, 2.05) is 26.1 Å². The fraction of sp³-hybridized carbons (Fsp3) is 0.533. The van der Waals surface area contributed by atoms with Gasteiger partial charge in [-0.3, -0.25) is 5.10 Å². The average Bonchev–Trinajstić information content (AvgIpc) is 2.84. The molecule has 0 amide bonds. The van der Waals surface area contributed by atoms with Crippen LogP contribution in [0.2, 0.25) is 0 Å². The molecule has 1 fully saturated rings. The molecule has 1 saturated heterocycles. The molecule has 5 heteroatoms. The zero-order chi connectivity index (χ0) is 14.1. The quantitative estimate of drug-likeness (QED) is 0.911. The van der Waals surface area contributed by atoms with Crippen molar-refractivity contribution in [3.63, 3.8) is 0 Å². The number of aromatic nitrogens is 4. The first-order valence-corrected chi connectivity index (χ1v) is 7.20. The fourth-order valence-electron chi connectivity index (χ4n) is 3.01. The number of aromatic amines is 1. The van der Waals surface area contributed by atoms with Gasteiger partial charge in [0.1, 0.15) is 0 Å². The van der Waals surface area contributed by atoms with Crippen LogP contribution < -0.4 is 4.90 Å². The maximum absolute atomic E-state index is 4.58. The minimum absolute atomic E-state index is 0.496. The van der Waals surface area contributed by atoms with E-state index in [2.05, 4.69) is 32.0 Å². The van der Waals surface area contributed by atoms with Crippen molar-refractivity contribution in [3.8, 4) is 0 Å². The smallest absolute Gasteiger partial charge is 0.225 e. The zero-order valence-corrected chi connectivity index (χ0v) is 12.3. The summed E-state index contributed by atoms with van der Waals surface area (Å²) < 4.78 is 0. The molecule has 20 heavy (non-hydrogen) atoms. The van der Waals surface area contributed by atoms with Crippen LogP contribution in [0.3, 0.4) is 0 Å². The Morgan fingerprint density at radius 2 is 1.95 bits per heavy atom. The Hall–Kier alpha value is -1.91. The highest BCUT2D eigenvalue weighted by Gasteiger charge is 2.25. The number of piperidine rings is 1. The number of nitrogens with one attached hydrogen (secondary N) is 1. The number of hydrogen-bond donors (Lipinski definition) is 1. The fourth-order valence-corrected chi connectivity index (χ4v) is 3.01. The molecule has 1 aliphatic heterocycles. The van der Waals surface area contributed by atoms with Crippen molar-refractivity contribution in [1.82, 2.24) is 20.2 Å². The summed E-state index contributed by atoms with van der Waals surface area (Å²) in [5.74, 6) is 1.36. The van der Waals surface area contributed by atoms with Crippen LogP contribution in [0, 0.1) is 20.8 Å². The molecule has 1 atom stereocenters. The van der Waals surface area contributed by atoms with Gasteiger partial charge in [-0.05, 0) is 45.2 Å². The van der Waals surface area contributed by atoms with Gasteiger partial charge in [-0.1, -0.05) is 0 Å². The average molecular weight is 271 g/mol. The third kappa shape index (κ3) is 2.53. The van der Waals surface area contributed by atoms with Gasteiger partial charge in [0.05, 0.1) is 6.20 Å². The normalized spacial score (nSPS) is 19.4. The Morgan fingerprint density at radius 1 is 1.20 bits per heavy atom. The van der Waals surface area contributed by atoms with E-state index in [4.69, 9.17) is 0 Å². The second-order valence-corrected chi connectivity index (χ2v) is 5.70. The zero-order valence-electron chi connectivity index (χ0n) is 12.3. The van der Waals surface area contributed by atoms with Crippen LogP contribution in [0.15, 0.2) is 12.3 Å². The molecule has 1 N–H and O–H groups in total. The lowest BCUT2D eigenvalue weighted by molar-refractivity contribution is 0.492. The molecule has 0 saturated carbocycles. The molecule has 0 aromatic carbocycles. The van der Waals surface area contributed by atoms with E-state index in [1.54, 1.807) is 0 Å². The highest BCUT2D eigenvalue weighted by Crippen LogP contribution is 2.29. The minimum atomic E-state index is 0.496. The third-order valence-corrected chi connectivity index (χ3v) is 3.95.